The molecule has 1 rings (SSSR count). The Morgan fingerprint density at radius 1 is 1.32 bits per heavy atom. The second-order valence-electron chi connectivity index (χ2n) is 4.66. The van der Waals surface area contributed by atoms with Gasteiger partial charge in [-0.05, 0) is 6.92 Å². The van der Waals surface area contributed by atoms with E-state index in [1.54, 1.807) is 6.92 Å². The smallest absolute Gasteiger partial charge is 0.381 e. The third kappa shape index (κ3) is 5.08. The van der Waals surface area contributed by atoms with Gasteiger partial charge in [-0.1, -0.05) is 13.8 Å². The molecule has 0 saturated heterocycles. The van der Waals surface area contributed by atoms with E-state index in [2.05, 4.69) is 10.3 Å². The number of nitrogens with one attached hydrogen (secondary N) is 1. The van der Waals surface area contributed by atoms with Crippen LogP contribution in [0.25, 0.3) is 0 Å². The van der Waals surface area contributed by atoms with Crippen LogP contribution < -0.4 is 5.32 Å². The summed E-state index contributed by atoms with van der Waals surface area (Å²) in [6.07, 6.45) is -4.15. The van der Waals surface area contributed by atoms with Gasteiger partial charge in [0.2, 0.25) is 0 Å². The zero-order valence-electron chi connectivity index (χ0n) is 11.5. The summed E-state index contributed by atoms with van der Waals surface area (Å²) in [4.78, 5) is 3.96. The maximum Gasteiger partial charge on any atom is 0.434 e. The molecule has 1 aromatic rings. The number of methoxy groups -OCH3 is 1. The number of thiazole rings is 1. The largest absolute Gasteiger partial charge is 0.434 e. The Hall–Kier alpha value is -0.660. The van der Waals surface area contributed by atoms with Crippen LogP contribution in [0.5, 0.6) is 0 Å². The number of rotatable bonds is 6. The topological polar surface area (TPSA) is 34.1 Å². The van der Waals surface area contributed by atoms with Crippen LogP contribution in [0.1, 0.15) is 36.3 Å². The van der Waals surface area contributed by atoms with Crippen molar-refractivity contribution in [3.8, 4) is 0 Å². The van der Waals surface area contributed by atoms with Crippen molar-refractivity contribution in [2.75, 3.05) is 7.11 Å². The van der Waals surface area contributed by atoms with Gasteiger partial charge < -0.3 is 10.1 Å². The van der Waals surface area contributed by atoms with Gasteiger partial charge in [0.15, 0.2) is 5.69 Å². The van der Waals surface area contributed by atoms with Crippen molar-refractivity contribution in [2.24, 2.45) is 0 Å². The van der Waals surface area contributed by atoms with Gasteiger partial charge in [-0.25, -0.2) is 4.98 Å². The van der Waals surface area contributed by atoms with Gasteiger partial charge in [0.25, 0.3) is 0 Å². The first-order valence-corrected chi connectivity index (χ1v) is 6.87. The van der Waals surface area contributed by atoms with E-state index in [1.807, 2.05) is 13.8 Å². The van der Waals surface area contributed by atoms with Crippen LogP contribution in [0.4, 0.5) is 13.2 Å². The number of aromatic nitrogens is 1. The molecule has 0 fully saturated rings. The summed E-state index contributed by atoms with van der Waals surface area (Å²) in [5.74, 6) is 0. The Labute approximate surface area is 115 Å². The minimum Gasteiger partial charge on any atom is -0.381 e. The fourth-order valence-electron chi connectivity index (χ4n) is 1.46. The Bertz CT molecular complexity index is 404. The molecule has 0 aliphatic rings. The molecule has 19 heavy (non-hydrogen) atoms. The highest BCUT2D eigenvalue weighted by atomic mass is 32.1. The molecule has 0 aliphatic heterocycles. The standard InChI is InChI=1S/C12H19F3N2OS/c1-7(2)16-6-9-11(12(13,14)15)17-10(19-9)5-8(3)18-4/h7-8,16H,5-6H2,1-4H3. The first kappa shape index (κ1) is 16.4. The molecule has 1 aromatic heterocycles. The van der Waals surface area contributed by atoms with Crippen LogP contribution in [0, 0.1) is 0 Å². The van der Waals surface area contributed by atoms with E-state index in [9.17, 15) is 13.2 Å². The average Bonchev–Trinajstić information content (AvgIpc) is 2.69. The summed E-state index contributed by atoms with van der Waals surface area (Å²) >= 11 is 1.10. The van der Waals surface area contributed by atoms with Crippen molar-refractivity contribution < 1.29 is 17.9 Å². The zero-order valence-corrected chi connectivity index (χ0v) is 12.3. The number of nitrogens with zero attached hydrogens (tertiary/aromatic N) is 1. The molecule has 7 heteroatoms. The van der Waals surface area contributed by atoms with Crippen LogP contribution in [0.2, 0.25) is 0 Å². The normalized spacial score (nSPS) is 14.1. The second-order valence-corrected chi connectivity index (χ2v) is 5.83. The molecule has 0 aromatic carbocycles. The maximum atomic E-state index is 12.9. The van der Waals surface area contributed by atoms with Crippen molar-refractivity contribution in [1.82, 2.24) is 10.3 Å². The lowest BCUT2D eigenvalue weighted by atomic mass is 10.3. The lowest BCUT2D eigenvalue weighted by Gasteiger charge is -2.09. The van der Waals surface area contributed by atoms with Gasteiger partial charge in [-0.15, -0.1) is 11.3 Å². The number of alkyl halides is 3. The molecule has 110 valence electrons. The quantitative estimate of drug-likeness (QED) is 0.875. The number of hydrogen-bond donors (Lipinski definition) is 1. The molecule has 1 N–H and O–H groups in total. The summed E-state index contributed by atoms with van der Waals surface area (Å²) < 4.78 is 43.7. The van der Waals surface area contributed by atoms with Crippen molar-refractivity contribution in [2.45, 2.75) is 52.1 Å². The van der Waals surface area contributed by atoms with Crippen molar-refractivity contribution >= 4 is 11.3 Å². The summed E-state index contributed by atoms with van der Waals surface area (Å²) in [5, 5.41) is 3.45. The SMILES string of the molecule is COC(C)Cc1nc(C(F)(F)F)c(CNC(C)C)s1. The summed E-state index contributed by atoms with van der Waals surface area (Å²) in [6.45, 7) is 5.77. The van der Waals surface area contributed by atoms with E-state index in [0.29, 0.717) is 11.4 Å². The van der Waals surface area contributed by atoms with E-state index >= 15 is 0 Å². The van der Waals surface area contributed by atoms with Crippen LogP contribution >= 0.6 is 11.3 Å². The minimum absolute atomic E-state index is 0.129. The lowest BCUT2D eigenvalue weighted by Crippen LogP contribution is -2.23. The molecule has 1 unspecified atom stereocenters. The van der Waals surface area contributed by atoms with Gasteiger partial charge in [0, 0.05) is 26.1 Å². The molecular formula is C12H19F3N2OS. The average molecular weight is 296 g/mol. The first-order chi connectivity index (χ1) is 8.74. The molecule has 0 bridgehead atoms. The molecule has 1 atom stereocenters. The number of hydrogen-bond acceptors (Lipinski definition) is 4. The van der Waals surface area contributed by atoms with Crippen molar-refractivity contribution in [3.05, 3.63) is 15.6 Å². The van der Waals surface area contributed by atoms with E-state index in [-0.39, 0.29) is 23.6 Å². The minimum atomic E-state index is -4.40. The van der Waals surface area contributed by atoms with Crippen molar-refractivity contribution in [1.29, 1.82) is 0 Å². The predicted molar refractivity (Wildman–Crippen MR) is 69.3 cm³/mol. The molecular weight excluding hydrogens is 277 g/mol. The van der Waals surface area contributed by atoms with Crippen molar-refractivity contribution in [3.63, 3.8) is 0 Å². The van der Waals surface area contributed by atoms with E-state index in [1.165, 1.54) is 7.11 Å². The highest BCUT2D eigenvalue weighted by molar-refractivity contribution is 7.11. The van der Waals surface area contributed by atoms with Crippen LogP contribution in [-0.2, 0) is 23.9 Å². The van der Waals surface area contributed by atoms with E-state index < -0.39 is 11.9 Å². The molecule has 3 nitrogen and oxygen atoms in total. The molecule has 0 amide bonds. The zero-order chi connectivity index (χ0) is 14.6. The van der Waals surface area contributed by atoms with E-state index in [4.69, 9.17) is 4.74 Å². The van der Waals surface area contributed by atoms with Gasteiger partial charge in [-0.3, -0.25) is 0 Å². The fraction of sp³-hybridized carbons (Fsp3) is 0.750. The summed E-state index contributed by atoms with van der Waals surface area (Å²) in [5.41, 5.74) is -0.774. The molecule has 0 spiro atoms. The second kappa shape index (κ2) is 6.67. The number of ether oxygens (including phenoxy) is 1. The Morgan fingerprint density at radius 3 is 2.42 bits per heavy atom. The monoisotopic (exact) mass is 296 g/mol. The Kier molecular flexibility index (Phi) is 5.76. The Balaban J connectivity index is 2.92. The fourth-order valence-corrected chi connectivity index (χ4v) is 2.61. The van der Waals surface area contributed by atoms with Gasteiger partial charge >= 0.3 is 6.18 Å². The highest BCUT2D eigenvalue weighted by Crippen LogP contribution is 2.34. The van der Waals surface area contributed by atoms with Crippen LogP contribution in [0.15, 0.2) is 0 Å². The lowest BCUT2D eigenvalue weighted by molar-refractivity contribution is -0.141. The third-order valence-corrected chi connectivity index (χ3v) is 3.62. The Morgan fingerprint density at radius 2 is 1.95 bits per heavy atom. The first-order valence-electron chi connectivity index (χ1n) is 6.06. The maximum absolute atomic E-state index is 12.9. The van der Waals surface area contributed by atoms with Crippen LogP contribution in [0.3, 0.4) is 0 Å². The van der Waals surface area contributed by atoms with Gasteiger partial charge in [0.05, 0.1) is 16.0 Å². The molecule has 1 heterocycles. The van der Waals surface area contributed by atoms with Crippen LogP contribution in [-0.4, -0.2) is 24.2 Å². The highest BCUT2D eigenvalue weighted by Gasteiger charge is 2.37. The predicted octanol–water partition coefficient (Wildman–Crippen LogP) is 3.24. The van der Waals surface area contributed by atoms with E-state index in [0.717, 1.165) is 11.3 Å². The molecule has 0 saturated carbocycles. The van der Waals surface area contributed by atoms with Gasteiger partial charge in [-0.2, -0.15) is 13.2 Å². The molecule has 0 aliphatic carbocycles. The summed E-state index contributed by atoms with van der Waals surface area (Å²) in [6, 6.07) is 0.129. The van der Waals surface area contributed by atoms with Gasteiger partial charge in [0.1, 0.15) is 0 Å². The third-order valence-electron chi connectivity index (χ3n) is 2.55. The summed E-state index contributed by atoms with van der Waals surface area (Å²) in [7, 11) is 1.53. The number of halogens is 3. The molecule has 0 radical (unpaired) electrons.